The number of likely N-dealkylation sites (tertiary alicyclic amines) is 1. The molecule has 0 aliphatic carbocycles. The average Bonchev–Trinajstić information content (AvgIpc) is 3.40. The number of hydrogen-bond acceptors (Lipinski definition) is 3. The van der Waals surface area contributed by atoms with Crippen molar-refractivity contribution < 1.29 is 9.21 Å². The Balaban J connectivity index is 1.39. The lowest BCUT2D eigenvalue weighted by Gasteiger charge is -2.23. The smallest absolute Gasteiger partial charge is 0.223 e. The predicted octanol–water partition coefficient (Wildman–Crippen LogP) is 3.98. The van der Waals surface area contributed by atoms with E-state index < -0.39 is 0 Å². The summed E-state index contributed by atoms with van der Waals surface area (Å²) in [4.78, 5) is 14.7. The second-order valence-electron chi connectivity index (χ2n) is 6.82. The predicted molar refractivity (Wildman–Crippen MR) is 99.4 cm³/mol. The van der Waals surface area contributed by atoms with Crippen molar-refractivity contribution in [3.8, 4) is 11.3 Å². The van der Waals surface area contributed by atoms with Crippen LogP contribution < -0.4 is 0 Å². The third-order valence-electron chi connectivity index (χ3n) is 4.99. The minimum absolute atomic E-state index is 0.160. The fourth-order valence-corrected chi connectivity index (χ4v) is 3.67. The van der Waals surface area contributed by atoms with Crippen LogP contribution in [0.15, 0.2) is 59.3 Å². The highest BCUT2D eigenvalue weighted by Crippen LogP contribution is 2.32. The molecule has 5 heteroatoms. The van der Waals surface area contributed by atoms with Gasteiger partial charge in [0.1, 0.15) is 11.5 Å². The summed E-state index contributed by atoms with van der Waals surface area (Å²) in [7, 11) is 1.91. The van der Waals surface area contributed by atoms with Crippen molar-refractivity contribution in [2.75, 3.05) is 6.54 Å². The molecule has 5 nitrogen and oxygen atoms in total. The standard InChI is InChI=1S/C21H23N3O2/c1-23-15-17(14-22-23)19-8-5-13-24(19)21(25)12-10-18-9-11-20(26-18)16-6-3-2-4-7-16/h2-4,6-7,9,11,14-15,19H,5,8,10,12-13H2,1H3/t19-/m1/s1. The lowest BCUT2D eigenvalue weighted by molar-refractivity contribution is -0.132. The number of hydrogen-bond donors (Lipinski definition) is 0. The van der Waals surface area contributed by atoms with Crippen LogP contribution in [0.1, 0.15) is 36.6 Å². The van der Waals surface area contributed by atoms with Gasteiger partial charge in [-0.2, -0.15) is 5.10 Å². The van der Waals surface area contributed by atoms with Gasteiger partial charge in [-0.25, -0.2) is 0 Å². The molecular weight excluding hydrogens is 326 g/mol. The van der Waals surface area contributed by atoms with Crippen LogP contribution in [-0.4, -0.2) is 27.1 Å². The number of rotatable bonds is 5. The zero-order chi connectivity index (χ0) is 17.9. The zero-order valence-corrected chi connectivity index (χ0v) is 15.0. The maximum atomic E-state index is 12.7. The molecule has 3 heterocycles. The van der Waals surface area contributed by atoms with Crippen molar-refractivity contribution in [3.05, 3.63) is 66.2 Å². The molecule has 0 bridgehead atoms. The Morgan fingerprint density at radius 1 is 1.23 bits per heavy atom. The van der Waals surface area contributed by atoms with Crippen molar-refractivity contribution >= 4 is 5.91 Å². The van der Waals surface area contributed by atoms with Crippen molar-refractivity contribution in [2.45, 2.75) is 31.7 Å². The van der Waals surface area contributed by atoms with Crippen LogP contribution in [0.4, 0.5) is 0 Å². The summed E-state index contributed by atoms with van der Waals surface area (Å²) in [6, 6.07) is 14.1. The molecule has 134 valence electrons. The number of aromatic nitrogens is 2. The lowest BCUT2D eigenvalue weighted by Crippen LogP contribution is -2.30. The summed E-state index contributed by atoms with van der Waals surface area (Å²) in [6.45, 7) is 0.825. The first-order valence-electron chi connectivity index (χ1n) is 9.13. The van der Waals surface area contributed by atoms with Crippen LogP contribution in [0, 0.1) is 0 Å². The first-order chi connectivity index (χ1) is 12.7. The molecule has 4 rings (SSSR count). The molecule has 1 aromatic carbocycles. The second-order valence-corrected chi connectivity index (χ2v) is 6.82. The number of amides is 1. The van der Waals surface area contributed by atoms with Gasteiger partial charge in [0.15, 0.2) is 0 Å². The maximum absolute atomic E-state index is 12.7. The normalized spacial score (nSPS) is 17.0. The van der Waals surface area contributed by atoms with E-state index in [1.54, 1.807) is 4.68 Å². The van der Waals surface area contributed by atoms with Crippen molar-refractivity contribution in [2.24, 2.45) is 7.05 Å². The van der Waals surface area contributed by atoms with E-state index in [1.165, 1.54) is 0 Å². The third kappa shape index (κ3) is 3.43. The third-order valence-corrected chi connectivity index (χ3v) is 4.99. The van der Waals surface area contributed by atoms with E-state index >= 15 is 0 Å². The van der Waals surface area contributed by atoms with E-state index in [2.05, 4.69) is 5.10 Å². The van der Waals surface area contributed by atoms with Crippen LogP contribution >= 0.6 is 0 Å². The van der Waals surface area contributed by atoms with Crippen molar-refractivity contribution in [1.29, 1.82) is 0 Å². The molecule has 1 fully saturated rings. The summed E-state index contributed by atoms with van der Waals surface area (Å²) in [5, 5.41) is 4.24. The van der Waals surface area contributed by atoms with Crippen LogP contribution in [0.3, 0.4) is 0 Å². The van der Waals surface area contributed by atoms with Gasteiger partial charge in [-0.05, 0) is 25.0 Å². The van der Waals surface area contributed by atoms with Gasteiger partial charge in [0.05, 0.1) is 12.2 Å². The minimum Gasteiger partial charge on any atom is -0.461 e. The molecule has 1 aliphatic rings. The lowest BCUT2D eigenvalue weighted by atomic mass is 10.1. The van der Waals surface area contributed by atoms with E-state index in [-0.39, 0.29) is 11.9 Å². The minimum atomic E-state index is 0.160. The molecule has 1 atom stereocenters. The van der Waals surface area contributed by atoms with Gasteiger partial charge in [0.2, 0.25) is 5.91 Å². The van der Waals surface area contributed by atoms with Crippen LogP contribution in [-0.2, 0) is 18.3 Å². The SMILES string of the molecule is Cn1cc([C@H]2CCCN2C(=O)CCc2ccc(-c3ccccc3)o2)cn1. The van der Waals surface area contributed by atoms with Crippen molar-refractivity contribution in [3.63, 3.8) is 0 Å². The fourth-order valence-electron chi connectivity index (χ4n) is 3.67. The van der Waals surface area contributed by atoms with E-state index in [0.29, 0.717) is 12.8 Å². The molecule has 2 aromatic heterocycles. The molecule has 1 aliphatic heterocycles. The van der Waals surface area contributed by atoms with E-state index in [0.717, 1.165) is 42.0 Å². The molecule has 0 spiro atoms. The summed E-state index contributed by atoms with van der Waals surface area (Å²) < 4.78 is 7.71. The van der Waals surface area contributed by atoms with Crippen molar-refractivity contribution in [1.82, 2.24) is 14.7 Å². The fraction of sp³-hybridized carbons (Fsp3) is 0.333. The van der Waals surface area contributed by atoms with Gasteiger partial charge < -0.3 is 9.32 Å². The van der Waals surface area contributed by atoms with Gasteiger partial charge >= 0.3 is 0 Å². The Bertz CT molecular complexity index is 882. The van der Waals surface area contributed by atoms with Crippen LogP contribution in [0.2, 0.25) is 0 Å². The van der Waals surface area contributed by atoms with E-state index in [4.69, 9.17) is 4.42 Å². The quantitative estimate of drug-likeness (QED) is 0.700. The van der Waals surface area contributed by atoms with Gasteiger partial charge in [0.25, 0.3) is 0 Å². The molecule has 3 aromatic rings. The summed E-state index contributed by atoms with van der Waals surface area (Å²) in [6.07, 6.45) is 7.03. The Labute approximate surface area is 153 Å². The first-order valence-corrected chi connectivity index (χ1v) is 9.13. The van der Waals surface area contributed by atoms with E-state index in [9.17, 15) is 4.79 Å². The molecule has 26 heavy (non-hydrogen) atoms. The van der Waals surface area contributed by atoms with E-state index in [1.807, 2.05) is 66.8 Å². The molecule has 0 saturated carbocycles. The number of nitrogens with zero attached hydrogens (tertiary/aromatic N) is 3. The number of carbonyl (C=O) groups is 1. The summed E-state index contributed by atoms with van der Waals surface area (Å²) >= 11 is 0. The average molecular weight is 349 g/mol. The Morgan fingerprint density at radius 2 is 2.08 bits per heavy atom. The number of carbonyl (C=O) groups excluding carboxylic acids is 1. The summed E-state index contributed by atoms with van der Waals surface area (Å²) in [5.74, 6) is 1.89. The molecule has 0 N–H and O–H groups in total. The highest BCUT2D eigenvalue weighted by molar-refractivity contribution is 5.77. The first kappa shape index (κ1) is 16.6. The molecule has 0 radical (unpaired) electrons. The molecule has 1 saturated heterocycles. The monoisotopic (exact) mass is 349 g/mol. The Hall–Kier alpha value is -2.82. The molecule has 0 unspecified atom stereocenters. The highest BCUT2D eigenvalue weighted by atomic mass is 16.3. The highest BCUT2D eigenvalue weighted by Gasteiger charge is 2.30. The topological polar surface area (TPSA) is 51.3 Å². The van der Waals surface area contributed by atoms with Crippen LogP contribution in [0.5, 0.6) is 0 Å². The Morgan fingerprint density at radius 3 is 2.85 bits per heavy atom. The second kappa shape index (κ2) is 7.20. The van der Waals surface area contributed by atoms with Gasteiger partial charge in [-0.3, -0.25) is 9.48 Å². The van der Waals surface area contributed by atoms with Crippen LogP contribution in [0.25, 0.3) is 11.3 Å². The Kier molecular flexibility index (Phi) is 4.61. The molecule has 1 amide bonds. The number of furan rings is 1. The van der Waals surface area contributed by atoms with Gasteiger partial charge in [-0.1, -0.05) is 30.3 Å². The van der Waals surface area contributed by atoms with Gasteiger partial charge in [-0.15, -0.1) is 0 Å². The summed E-state index contributed by atoms with van der Waals surface area (Å²) in [5.41, 5.74) is 2.18. The molecular formula is C21H23N3O2. The largest absolute Gasteiger partial charge is 0.461 e. The maximum Gasteiger partial charge on any atom is 0.223 e. The number of aryl methyl sites for hydroxylation is 2. The zero-order valence-electron chi connectivity index (χ0n) is 15.0. The van der Waals surface area contributed by atoms with Gasteiger partial charge in [0, 0.05) is 43.8 Å². The number of benzene rings is 1.